The standard InChI is InChI=1S/C18H18N4O6S2/c1-27-14-6-4-13(5-7-14)22-17(18(24)28-21-22)29-11-10-16(23)20-12-2-8-15(9-3-12)30(19,25)26/h2-9H,10-11H2,1H3,(H3-,19,20,21,23,24,25,26)/p+1. The first-order chi connectivity index (χ1) is 14.3. The number of ether oxygens (including phenoxy) is 1. The van der Waals surface area contributed by atoms with E-state index in [0.29, 0.717) is 27.9 Å². The summed E-state index contributed by atoms with van der Waals surface area (Å²) >= 11 is 1.17. The largest absolute Gasteiger partial charge is 0.497 e. The molecule has 4 N–H and O–H groups in total. The number of hydrogen-bond donors (Lipinski definition) is 3. The van der Waals surface area contributed by atoms with Gasteiger partial charge in [-0.2, -0.15) is 0 Å². The SMILES string of the molecule is COc1ccc(-[n+]2[nH]oc(=O)c2SCCC(=O)Nc2ccc(S(N)(=O)=O)cc2)cc1. The zero-order valence-electron chi connectivity index (χ0n) is 15.8. The van der Waals surface area contributed by atoms with Crippen LogP contribution in [0.3, 0.4) is 0 Å². The summed E-state index contributed by atoms with van der Waals surface area (Å²) in [6.45, 7) is 0. The number of aromatic nitrogens is 2. The van der Waals surface area contributed by atoms with Gasteiger partial charge in [-0.05, 0) is 58.1 Å². The highest BCUT2D eigenvalue weighted by molar-refractivity contribution is 7.99. The topological polar surface area (TPSA) is 148 Å². The van der Waals surface area contributed by atoms with Gasteiger partial charge in [-0.25, -0.2) is 18.4 Å². The molecule has 1 amide bonds. The van der Waals surface area contributed by atoms with Crippen molar-refractivity contribution in [1.29, 1.82) is 0 Å². The number of aromatic amines is 1. The van der Waals surface area contributed by atoms with Crippen molar-refractivity contribution < 1.29 is 27.2 Å². The van der Waals surface area contributed by atoms with Crippen molar-refractivity contribution >= 4 is 33.4 Å². The third kappa shape index (κ3) is 5.28. The summed E-state index contributed by atoms with van der Waals surface area (Å²) in [6.07, 6.45) is 0.120. The maximum atomic E-state index is 12.1. The molecule has 0 atom stereocenters. The molecule has 2 aromatic carbocycles. The number of primary sulfonamides is 1. The molecule has 0 saturated carbocycles. The highest BCUT2D eigenvalue weighted by Gasteiger charge is 2.24. The molecule has 0 aliphatic carbocycles. The summed E-state index contributed by atoms with van der Waals surface area (Å²) in [5.74, 6) is 0.704. The Labute approximate surface area is 176 Å². The molecule has 1 heterocycles. The molecular weight excluding hydrogens is 432 g/mol. The predicted octanol–water partition coefficient (Wildman–Crippen LogP) is 1.02. The van der Waals surface area contributed by atoms with Crippen molar-refractivity contribution in [1.82, 2.24) is 5.27 Å². The summed E-state index contributed by atoms with van der Waals surface area (Å²) in [5.41, 5.74) is 0.560. The molecule has 3 rings (SSSR count). The van der Waals surface area contributed by atoms with E-state index in [-0.39, 0.29) is 17.2 Å². The molecule has 158 valence electrons. The molecule has 0 unspecified atom stereocenters. The molecule has 0 aliphatic heterocycles. The molecule has 0 aliphatic rings. The fourth-order valence-corrected chi connectivity index (χ4v) is 3.91. The van der Waals surface area contributed by atoms with E-state index in [1.807, 2.05) is 0 Å². The van der Waals surface area contributed by atoms with E-state index in [1.54, 1.807) is 31.4 Å². The number of H-pyrrole nitrogens is 1. The van der Waals surface area contributed by atoms with E-state index < -0.39 is 15.6 Å². The van der Waals surface area contributed by atoms with Gasteiger partial charge in [0.25, 0.3) is 0 Å². The van der Waals surface area contributed by atoms with E-state index in [2.05, 4.69) is 10.6 Å². The van der Waals surface area contributed by atoms with Gasteiger partial charge in [0.15, 0.2) is 0 Å². The smallest absolute Gasteiger partial charge is 0.442 e. The van der Waals surface area contributed by atoms with Crippen molar-refractivity contribution in [2.75, 3.05) is 18.2 Å². The number of benzene rings is 2. The van der Waals surface area contributed by atoms with Crippen LogP contribution < -0.4 is 25.5 Å². The van der Waals surface area contributed by atoms with Crippen LogP contribution in [-0.4, -0.2) is 32.5 Å². The van der Waals surface area contributed by atoms with E-state index in [1.165, 1.54) is 40.7 Å². The quantitative estimate of drug-likeness (QED) is 0.342. The van der Waals surface area contributed by atoms with Gasteiger partial charge >= 0.3 is 10.7 Å². The number of amides is 1. The Balaban J connectivity index is 1.59. The number of nitrogens with two attached hydrogens (primary N) is 1. The van der Waals surface area contributed by atoms with Crippen LogP contribution >= 0.6 is 11.8 Å². The number of sulfonamides is 1. The summed E-state index contributed by atoms with van der Waals surface area (Å²) in [5, 5.41) is 10.5. The Morgan fingerprint density at radius 3 is 2.47 bits per heavy atom. The van der Waals surface area contributed by atoms with E-state index in [9.17, 15) is 18.0 Å². The second-order valence-electron chi connectivity index (χ2n) is 6.04. The lowest BCUT2D eigenvalue weighted by molar-refractivity contribution is -0.704. The molecule has 0 spiro atoms. The van der Waals surface area contributed by atoms with Crippen LogP contribution in [0.15, 0.2) is 67.8 Å². The van der Waals surface area contributed by atoms with E-state index in [0.717, 1.165) is 0 Å². The van der Waals surface area contributed by atoms with Crippen LogP contribution in [0.4, 0.5) is 5.69 Å². The summed E-state index contributed by atoms with van der Waals surface area (Å²) < 4.78 is 34.0. The second-order valence-corrected chi connectivity index (χ2v) is 8.68. The lowest BCUT2D eigenvalue weighted by Crippen LogP contribution is -2.36. The molecule has 0 radical (unpaired) electrons. The highest BCUT2D eigenvalue weighted by Crippen LogP contribution is 2.16. The normalized spacial score (nSPS) is 11.3. The molecule has 0 fully saturated rings. The molecular formula is C18H19N4O6S2+. The fraction of sp³-hybridized carbons (Fsp3) is 0.167. The zero-order valence-corrected chi connectivity index (χ0v) is 17.5. The van der Waals surface area contributed by atoms with E-state index >= 15 is 0 Å². The third-order valence-corrected chi connectivity index (χ3v) is 5.93. The van der Waals surface area contributed by atoms with Gasteiger partial charge in [0.1, 0.15) is 5.75 Å². The van der Waals surface area contributed by atoms with Crippen molar-refractivity contribution in [3.05, 3.63) is 59.0 Å². The van der Waals surface area contributed by atoms with Gasteiger partial charge < -0.3 is 10.1 Å². The molecule has 0 saturated heterocycles. The molecule has 1 aromatic heterocycles. The van der Waals surface area contributed by atoms with Gasteiger partial charge in [-0.3, -0.25) is 9.32 Å². The lowest BCUT2D eigenvalue weighted by atomic mass is 10.3. The maximum absolute atomic E-state index is 12.1. The number of methoxy groups -OCH3 is 1. The first-order valence-corrected chi connectivity index (χ1v) is 11.1. The fourth-order valence-electron chi connectivity index (χ4n) is 2.48. The predicted molar refractivity (Wildman–Crippen MR) is 109 cm³/mol. The number of thioether (sulfide) groups is 1. The number of hydrogen-bond acceptors (Lipinski definition) is 7. The number of nitrogens with one attached hydrogen (secondary N) is 2. The second kappa shape index (κ2) is 9.15. The average molecular weight is 452 g/mol. The van der Waals surface area contributed by atoms with Gasteiger partial charge in [0.05, 0.1) is 12.0 Å². The molecule has 30 heavy (non-hydrogen) atoms. The lowest BCUT2D eigenvalue weighted by Gasteiger charge is -2.05. The zero-order chi connectivity index (χ0) is 21.7. The van der Waals surface area contributed by atoms with Crippen LogP contribution in [0.1, 0.15) is 6.42 Å². The van der Waals surface area contributed by atoms with Crippen molar-refractivity contribution in [2.24, 2.45) is 5.14 Å². The molecule has 0 bridgehead atoms. The van der Waals surface area contributed by atoms with E-state index in [4.69, 9.17) is 14.4 Å². The summed E-state index contributed by atoms with van der Waals surface area (Å²) in [7, 11) is -2.23. The highest BCUT2D eigenvalue weighted by atomic mass is 32.2. The summed E-state index contributed by atoms with van der Waals surface area (Å²) in [6, 6.07) is 12.5. The van der Waals surface area contributed by atoms with Crippen molar-refractivity contribution in [3.8, 4) is 11.4 Å². The first-order valence-electron chi connectivity index (χ1n) is 8.61. The monoisotopic (exact) mass is 451 g/mol. The molecule has 10 nitrogen and oxygen atoms in total. The van der Waals surface area contributed by atoms with Gasteiger partial charge in [-0.15, -0.1) is 0 Å². The number of rotatable bonds is 8. The van der Waals surface area contributed by atoms with Gasteiger partial charge in [0.2, 0.25) is 21.6 Å². The minimum absolute atomic E-state index is 0.0432. The Morgan fingerprint density at radius 2 is 1.87 bits per heavy atom. The first kappa shape index (κ1) is 21.6. The number of nitrogens with zero attached hydrogens (tertiary/aromatic N) is 1. The number of carbonyl (C=O) groups is 1. The van der Waals surface area contributed by atoms with Crippen LogP contribution in [0, 0.1) is 0 Å². The minimum atomic E-state index is -3.79. The Bertz CT molecular complexity index is 1180. The van der Waals surface area contributed by atoms with Crippen LogP contribution in [0.25, 0.3) is 5.69 Å². The molecule has 12 heteroatoms. The number of anilines is 1. The Kier molecular flexibility index (Phi) is 6.59. The summed E-state index contributed by atoms with van der Waals surface area (Å²) in [4.78, 5) is 24.1. The van der Waals surface area contributed by atoms with Gasteiger partial charge in [-0.1, -0.05) is 0 Å². The third-order valence-electron chi connectivity index (χ3n) is 3.97. The maximum Gasteiger partial charge on any atom is 0.442 e. The Morgan fingerprint density at radius 1 is 1.20 bits per heavy atom. The van der Waals surface area contributed by atoms with Crippen LogP contribution in [-0.2, 0) is 14.8 Å². The Hall–Kier alpha value is -3.09. The van der Waals surface area contributed by atoms with Crippen molar-refractivity contribution in [3.63, 3.8) is 0 Å². The van der Waals surface area contributed by atoms with Crippen LogP contribution in [0.5, 0.6) is 5.75 Å². The molecule has 3 aromatic rings. The van der Waals surface area contributed by atoms with Gasteiger partial charge in [0, 0.05) is 30.0 Å². The van der Waals surface area contributed by atoms with Crippen LogP contribution in [0.2, 0.25) is 0 Å². The number of carbonyl (C=O) groups excluding carboxylic acids is 1. The van der Waals surface area contributed by atoms with Crippen molar-refractivity contribution in [2.45, 2.75) is 16.3 Å². The minimum Gasteiger partial charge on any atom is -0.497 e. The average Bonchev–Trinajstić information content (AvgIpc) is 3.08.